The van der Waals surface area contributed by atoms with Crippen molar-refractivity contribution >= 4 is 5.97 Å². The lowest BCUT2D eigenvalue weighted by Crippen LogP contribution is -2.28. The molecule has 0 fully saturated rings. The van der Waals surface area contributed by atoms with Gasteiger partial charge in [-0.2, -0.15) is 0 Å². The minimum Gasteiger partial charge on any atom is -0.481 e. The Morgan fingerprint density at radius 3 is 2.06 bits per heavy atom. The maximum Gasteiger partial charge on any atom is 0.300 e. The van der Waals surface area contributed by atoms with Gasteiger partial charge in [0.1, 0.15) is 11.9 Å². The maximum atomic E-state index is 9.11. The van der Waals surface area contributed by atoms with Crippen molar-refractivity contribution < 1.29 is 24.9 Å². The first-order valence-corrected chi connectivity index (χ1v) is 4.71. The second-order valence-electron chi connectivity index (χ2n) is 3.08. The normalized spacial score (nSPS) is 13.0. The van der Waals surface area contributed by atoms with Gasteiger partial charge in [-0.3, -0.25) is 4.79 Å². The second kappa shape index (κ2) is 7.67. The molecule has 0 aliphatic rings. The van der Waals surface area contributed by atoms with E-state index in [2.05, 4.69) is 0 Å². The van der Waals surface area contributed by atoms with E-state index < -0.39 is 18.4 Å². The molecular weight excluding hydrogens is 212 g/mol. The van der Waals surface area contributed by atoms with E-state index in [1.54, 1.807) is 24.3 Å². The van der Waals surface area contributed by atoms with E-state index in [0.717, 1.165) is 6.92 Å². The van der Waals surface area contributed by atoms with E-state index in [1.807, 2.05) is 6.07 Å². The van der Waals surface area contributed by atoms with Crippen LogP contribution in [0.15, 0.2) is 30.3 Å². The van der Waals surface area contributed by atoms with Gasteiger partial charge >= 0.3 is 0 Å². The highest BCUT2D eigenvalue weighted by atomic mass is 16.6. The highest BCUT2D eigenvalue weighted by molar-refractivity contribution is 5.62. The van der Waals surface area contributed by atoms with Crippen molar-refractivity contribution in [3.63, 3.8) is 0 Å². The van der Waals surface area contributed by atoms with Gasteiger partial charge in [-0.1, -0.05) is 18.2 Å². The third-order valence-electron chi connectivity index (χ3n) is 1.41. The standard InChI is InChI=1S/C9H12O3.C2H4O2/c1-7(10)9(11)12-8-5-3-2-4-6-8;1-2(3)4/h2-7,9-11H,1H3;1H3,(H,3,4). The molecule has 0 spiro atoms. The molecule has 3 N–H and O–H groups in total. The number of hydrogen-bond donors (Lipinski definition) is 3. The molecule has 0 amide bonds. The Kier molecular flexibility index (Phi) is 6.91. The molecule has 0 bridgehead atoms. The van der Waals surface area contributed by atoms with Gasteiger partial charge in [0.15, 0.2) is 0 Å². The molecular formula is C11H16O5. The summed E-state index contributed by atoms with van der Waals surface area (Å²) in [5, 5.41) is 25.4. The fourth-order valence-corrected chi connectivity index (χ4v) is 0.737. The molecule has 90 valence electrons. The Hall–Kier alpha value is -1.59. The molecule has 2 unspecified atom stereocenters. The van der Waals surface area contributed by atoms with Crippen LogP contribution in [0, 0.1) is 0 Å². The van der Waals surface area contributed by atoms with E-state index in [0.29, 0.717) is 5.75 Å². The fourth-order valence-electron chi connectivity index (χ4n) is 0.737. The van der Waals surface area contributed by atoms with Gasteiger partial charge in [0.2, 0.25) is 6.29 Å². The van der Waals surface area contributed by atoms with Crippen molar-refractivity contribution in [2.24, 2.45) is 0 Å². The number of carboxylic acid groups (broad SMARTS) is 1. The highest BCUT2D eigenvalue weighted by Crippen LogP contribution is 2.10. The highest BCUT2D eigenvalue weighted by Gasteiger charge is 2.11. The number of aliphatic carboxylic acids is 1. The Morgan fingerprint density at radius 2 is 1.69 bits per heavy atom. The summed E-state index contributed by atoms with van der Waals surface area (Å²) in [5.74, 6) is -0.286. The van der Waals surface area contributed by atoms with E-state index in [4.69, 9.17) is 24.9 Å². The Morgan fingerprint density at radius 1 is 1.25 bits per heavy atom. The molecule has 0 saturated heterocycles. The lowest BCUT2D eigenvalue weighted by atomic mass is 10.3. The minimum absolute atomic E-state index is 0.547. The molecule has 16 heavy (non-hydrogen) atoms. The monoisotopic (exact) mass is 228 g/mol. The van der Waals surface area contributed by atoms with Gasteiger partial charge < -0.3 is 20.1 Å². The Balaban J connectivity index is 0.000000487. The van der Waals surface area contributed by atoms with Gasteiger partial charge in [-0.25, -0.2) is 0 Å². The zero-order valence-electron chi connectivity index (χ0n) is 9.20. The van der Waals surface area contributed by atoms with Crippen molar-refractivity contribution in [2.45, 2.75) is 26.2 Å². The number of rotatable bonds is 3. The average molecular weight is 228 g/mol. The molecule has 1 aromatic rings. The molecule has 0 aliphatic heterocycles. The zero-order chi connectivity index (χ0) is 12.6. The molecule has 1 aromatic carbocycles. The summed E-state index contributed by atoms with van der Waals surface area (Å²) < 4.78 is 4.98. The molecule has 0 saturated carbocycles. The molecule has 1 rings (SSSR count). The van der Waals surface area contributed by atoms with Gasteiger partial charge in [0.25, 0.3) is 5.97 Å². The van der Waals surface area contributed by atoms with E-state index >= 15 is 0 Å². The largest absolute Gasteiger partial charge is 0.481 e. The fraction of sp³-hybridized carbons (Fsp3) is 0.364. The lowest BCUT2D eigenvalue weighted by molar-refractivity contribution is -0.134. The number of carboxylic acids is 1. The second-order valence-corrected chi connectivity index (χ2v) is 3.08. The Labute approximate surface area is 93.9 Å². The van der Waals surface area contributed by atoms with Crippen LogP contribution in [0.3, 0.4) is 0 Å². The number of ether oxygens (including phenoxy) is 1. The molecule has 0 radical (unpaired) electrons. The summed E-state index contributed by atoms with van der Waals surface area (Å²) in [7, 11) is 0. The third kappa shape index (κ3) is 7.78. The predicted octanol–water partition coefficient (Wildman–Crippen LogP) is 0.856. The number of para-hydroxylation sites is 1. The van der Waals surface area contributed by atoms with Crippen LogP contribution < -0.4 is 4.74 Å². The van der Waals surface area contributed by atoms with E-state index in [9.17, 15) is 0 Å². The van der Waals surface area contributed by atoms with Crippen molar-refractivity contribution in [2.75, 3.05) is 0 Å². The molecule has 5 heteroatoms. The van der Waals surface area contributed by atoms with Crippen LogP contribution in [-0.2, 0) is 4.79 Å². The van der Waals surface area contributed by atoms with Crippen LogP contribution in [0.2, 0.25) is 0 Å². The maximum absolute atomic E-state index is 9.11. The number of benzene rings is 1. The molecule has 0 aliphatic carbocycles. The topological polar surface area (TPSA) is 87.0 Å². The first-order valence-electron chi connectivity index (χ1n) is 4.71. The number of aliphatic hydroxyl groups is 2. The summed E-state index contributed by atoms with van der Waals surface area (Å²) in [6, 6.07) is 8.87. The first kappa shape index (κ1) is 14.4. The third-order valence-corrected chi connectivity index (χ3v) is 1.41. The summed E-state index contributed by atoms with van der Waals surface area (Å²) in [6.45, 7) is 2.55. The van der Waals surface area contributed by atoms with Gasteiger partial charge in [-0.15, -0.1) is 0 Å². The van der Waals surface area contributed by atoms with Crippen LogP contribution >= 0.6 is 0 Å². The van der Waals surface area contributed by atoms with E-state index in [1.165, 1.54) is 6.92 Å². The smallest absolute Gasteiger partial charge is 0.300 e. The van der Waals surface area contributed by atoms with Crippen molar-refractivity contribution in [3.8, 4) is 5.75 Å². The summed E-state index contributed by atoms with van der Waals surface area (Å²) in [5.41, 5.74) is 0. The number of carbonyl (C=O) groups is 1. The molecule has 2 atom stereocenters. The zero-order valence-corrected chi connectivity index (χ0v) is 9.20. The number of aliphatic hydroxyl groups excluding tert-OH is 2. The van der Waals surface area contributed by atoms with Crippen LogP contribution in [0.5, 0.6) is 5.75 Å². The Bertz CT molecular complexity index is 293. The first-order chi connectivity index (χ1) is 7.43. The van der Waals surface area contributed by atoms with Crippen molar-refractivity contribution in [1.29, 1.82) is 0 Å². The van der Waals surface area contributed by atoms with E-state index in [-0.39, 0.29) is 0 Å². The average Bonchev–Trinajstić information content (AvgIpc) is 2.18. The number of hydrogen-bond acceptors (Lipinski definition) is 4. The van der Waals surface area contributed by atoms with Crippen LogP contribution in [0.25, 0.3) is 0 Å². The molecule has 0 heterocycles. The van der Waals surface area contributed by atoms with Crippen LogP contribution in [0.1, 0.15) is 13.8 Å². The summed E-state index contributed by atoms with van der Waals surface area (Å²) in [4.78, 5) is 9.00. The quantitative estimate of drug-likeness (QED) is 0.668. The van der Waals surface area contributed by atoms with Gasteiger partial charge in [0.05, 0.1) is 0 Å². The SMILES string of the molecule is CC(=O)O.CC(O)C(O)Oc1ccccc1. The summed E-state index contributed by atoms with van der Waals surface area (Å²) >= 11 is 0. The van der Waals surface area contributed by atoms with Gasteiger partial charge in [0, 0.05) is 6.92 Å². The lowest BCUT2D eigenvalue weighted by Gasteiger charge is -2.15. The van der Waals surface area contributed by atoms with Crippen LogP contribution in [-0.4, -0.2) is 33.7 Å². The predicted molar refractivity (Wildman–Crippen MR) is 58.1 cm³/mol. The van der Waals surface area contributed by atoms with Crippen molar-refractivity contribution in [1.82, 2.24) is 0 Å². The molecule has 5 nitrogen and oxygen atoms in total. The molecule has 0 aromatic heterocycles. The summed E-state index contributed by atoms with van der Waals surface area (Å²) in [6.07, 6.45) is -2.04. The van der Waals surface area contributed by atoms with Crippen molar-refractivity contribution in [3.05, 3.63) is 30.3 Å². The minimum atomic E-state index is -1.16. The van der Waals surface area contributed by atoms with Crippen LogP contribution in [0.4, 0.5) is 0 Å². The van der Waals surface area contributed by atoms with Gasteiger partial charge in [-0.05, 0) is 19.1 Å².